The molecule has 20 heavy (non-hydrogen) atoms. The van der Waals surface area contributed by atoms with Crippen molar-refractivity contribution in [2.45, 2.75) is 19.4 Å². The third-order valence-corrected chi connectivity index (χ3v) is 3.44. The van der Waals surface area contributed by atoms with Gasteiger partial charge in [0.1, 0.15) is 0 Å². The second-order valence-electron chi connectivity index (χ2n) is 5.15. The van der Waals surface area contributed by atoms with Crippen molar-refractivity contribution in [1.29, 1.82) is 0 Å². The quantitative estimate of drug-likeness (QED) is 0.907. The van der Waals surface area contributed by atoms with Crippen LogP contribution >= 0.6 is 0 Å². The number of anilines is 1. The summed E-state index contributed by atoms with van der Waals surface area (Å²) in [6, 6.07) is 3.98. The first kappa shape index (κ1) is 14.6. The number of carbonyl (C=O) groups is 1. The highest BCUT2D eigenvalue weighted by atomic mass is 19.2. The molecule has 110 valence electrons. The number of rotatable bonds is 2. The van der Waals surface area contributed by atoms with Gasteiger partial charge in [-0.15, -0.1) is 0 Å². The molecule has 0 aromatic heterocycles. The minimum absolute atomic E-state index is 0.145. The molecular weight excluding hydrogens is 266 g/mol. The van der Waals surface area contributed by atoms with Crippen molar-refractivity contribution in [3.05, 3.63) is 29.8 Å². The number of carbonyl (C=O) groups excluding carboxylic acids is 1. The van der Waals surface area contributed by atoms with Gasteiger partial charge >= 0.3 is 6.09 Å². The van der Waals surface area contributed by atoms with Gasteiger partial charge in [0.15, 0.2) is 11.6 Å². The van der Waals surface area contributed by atoms with Gasteiger partial charge in [-0.3, -0.25) is 0 Å². The van der Waals surface area contributed by atoms with Crippen LogP contribution in [0, 0.1) is 17.6 Å². The van der Waals surface area contributed by atoms with E-state index in [4.69, 9.17) is 0 Å². The van der Waals surface area contributed by atoms with Crippen LogP contribution in [0.25, 0.3) is 0 Å². The van der Waals surface area contributed by atoms with Crippen LogP contribution in [0.15, 0.2) is 18.2 Å². The van der Waals surface area contributed by atoms with Crippen LogP contribution in [0.1, 0.15) is 13.3 Å². The summed E-state index contributed by atoms with van der Waals surface area (Å²) in [6.45, 7) is 3.06. The highest BCUT2D eigenvalue weighted by Crippen LogP contribution is 2.26. The molecule has 1 N–H and O–H groups in total. The summed E-state index contributed by atoms with van der Waals surface area (Å²) >= 11 is 0. The standard InChI is InChI=1S/C14H18F2N2O2/c1-9-6-10(17-14(19)20-2)8-18(7-9)12-5-3-4-11(15)13(12)16/h3-5,9-10H,6-8H2,1-2H3,(H,17,19). The maximum absolute atomic E-state index is 13.8. The predicted octanol–water partition coefficient (Wildman–Crippen LogP) is 2.54. The van der Waals surface area contributed by atoms with Crippen LogP contribution in [0.2, 0.25) is 0 Å². The lowest BCUT2D eigenvalue weighted by Gasteiger charge is -2.38. The van der Waals surface area contributed by atoms with Crippen LogP contribution in [0.3, 0.4) is 0 Å². The lowest BCUT2D eigenvalue weighted by atomic mass is 9.95. The zero-order chi connectivity index (χ0) is 14.7. The monoisotopic (exact) mass is 284 g/mol. The summed E-state index contributed by atoms with van der Waals surface area (Å²) in [7, 11) is 1.30. The van der Waals surface area contributed by atoms with Crippen LogP contribution in [0.5, 0.6) is 0 Å². The number of methoxy groups -OCH3 is 1. The Labute approximate surface area is 116 Å². The van der Waals surface area contributed by atoms with Crippen LogP contribution < -0.4 is 10.2 Å². The third-order valence-electron chi connectivity index (χ3n) is 3.44. The van der Waals surface area contributed by atoms with Gasteiger partial charge in [-0.05, 0) is 24.5 Å². The van der Waals surface area contributed by atoms with Gasteiger partial charge in [-0.25, -0.2) is 13.6 Å². The zero-order valence-electron chi connectivity index (χ0n) is 11.5. The molecule has 2 rings (SSSR count). The van der Waals surface area contributed by atoms with Gasteiger partial charge in [0, 0.05) is 19.1 Å². The Morgan fingerprint density at radius 2 is 2.15 bits per heavy atom. The van der Waals surface area contributed by atoms with Gasteiger partial charge < -0.3 is 15.0 Å². The first-order valence-corrected chi connectivity index (χ1v) is 6.54. The summed E-state index contributed by atoms with van der Waals surface area (Å²) in [5.41, 5.74) is 0.230. The van der Waals surface area contributed by atoms with Gasteiger partial charge in [-0.1, -0.05) is 13.0 Å². The molecule has 1 amide bonds. The average molecular weight is 284 g/mol. The summed E-state index contributed by atoms with van der Waals surface area (Å²) in [4.78, 5) is 13.0. The molecule has 1 aliphatic heterocycles. The van der Waals surface area contributed by atoms with Crippen molar-refractivity contribution in [3.63, 3.8) is 0 Å². The lowest BCUT2D eigenvalue weighted by molar-refractivity contribution is 0.163. The maximum Gasteiger partial charge on any atom is 0.407 e. The molecule has 0 aliphatic carbocycles. The minimum Gasteiger partial charge on any atom is -0.453 e. The Bertz CT molecular complexity index is 496. The number of ether oxygens (including phenoxy) is 1. The van der Waals surface area contributed by atoms with Crippen molar-refractivity contribution in [2.75, 3.05) is 25.1 Å². The SMILES string of the molecule is COC(=O)NC1CC(C)CN(c2cccc(F)c2F)C1. The summed E-state index contributed by atoms with van der Waals surface area (Å²) in [5, 5.41) is 2.71. The number of piperidine rings is 1. The number of hydrogen-bond acceptors (Lipinski definition) is 3. The van der Waals surface area contributed by atoms with Gasteiger partial charge in [0.2, 0.25) is 0 Å². The topological polar surface area (TPSA) is 41.6 Å². The Balaban J connectivity index is 2.15. The van der Waals surface area contributed by atoms with Crippen molar-refractivity contribution < 1.29 is 18.3 Å². The third kappa shape index (κ3) is 3.18. The summed E-state index contributed by atoms with van der Waals surface area (Å²) < 4.78 is 31.7. The molecule has 0 bridgehead atoms. The van der Waals surface area contributed by atoms with E-state index in [-0.39, 0.29) is 17.6 Å². The van der Waals surface area contributed by atoms with Crippen LogP contribution in [-0.2, 0) is 4.74 Å². The Hall–Kier alpha value is -1.85. The Morgan fingerprint density at radius 1 is 1.40 bits per heavy atom. The molecule has 1 aromatic rings. The first-order chi connectivity index (χ1) is 9.51. The largest absolute Gasteiger partial charge is 0.453 e. The second kappa shape index (κ2) is 6.07. The van der Waals surface area contributed by atoms with Crippen molar-refractivity contribution in [2.24, 2.45) is 5.92 Å². The molecule has 1 fully saturated rings. The number of halogens is 2. The van der Waals surface area contributed by atoms with Gasteiger partial charge in [-0.2, -0.15) is 0 Å². The van der Waals surface area contributed by atoms with E-state index in [9.17, 15) is 13.6 Å². The number of benzene rings is 1. The van der Waals surface area contributed by atoms with E-state index in [0.717, 1.165) is 12.5 Å². The van der Waals surface area contributed by atoms with E-state index in [1.807, 2.05) is 6.92 Å². The maximum atomic E-state index is 13.8. The van der Waals surface area contributed by atoms with E-state index in [1.165, 1.54) is 13.2 Å². The molecular formula is C14H18F2N2O2. The van der Waals surface area contributed by atoms with E-state index in [1.54, 1.807) is 11.0 Å². The molecule has 0 radical (unpaired) electrons. The fourth-order valence-electron chi connectivity index (χ4n) is 2.62. The van der Waals surface area contributed by atoms with E-state index in [0.29, 0.717) is 13.1 Å². The number of hydrogen-bond donors (Lipinski definition) is 1. The lowest BCUT2D eigenvalue weighted by Crippen LogP contribution is -2.50. The van der Waals surface area contributed by atoms with Crippen LogP contribution in [-0.4, -0.2) is 32.3 Å². The van der Waals surface area contributed by atoms with E-state index in [2.05, 4.69) is 10.1 Å². The Morgan fingerprint density at radius 3 is 2.85 bits per heavy atom. The molecule has 0 spiro atoms. The fourth-order valence-corrected chi connectivity index (χ4v) is 2.62. The molecule has 1 heterocycles. The average Bonchev–Trinajstić information content (AvgIpc) is 2.41. The number of nitrogens with zero attached hydrogens (tertiary/aromatic N) is 1. The van der Waals surface area contributed by atoms with E-state index < -0.39 is 17.7 Å². The van der Waals surface area contributed by atoms with Crippen molar-refractivity contribution in [3.8, 4) is 0 Å². The highest BCUT2D eigenvalue weighted by molar-refractivity contribution is 5.67. The Kier molecular flexibility index (Phi) is 4.42. The molecule has 1 saturated heterocycles. The van der Waals surface area contributed by atoms with Gasteiger partial charge in [0.25, 0.3) is 0 Å². The summed E-state index contributed by atoms with van der Waals surface area (Å²) in [5.74, 6) is -1.45. The predicted molar refractivity (Wildman–Crippen MR) is 71.7 cm³/mol. The first-order valence-electron chi connectivity index (χ1n) is 6.54. The number of alkyl carbamates (subject to hydrolysis) is 1. The molecule has 1 aliphatic rings. The van der Waals surface area contributed by atoms with Gasteiger partial charge in [0.05, 0.1) is 12.8 Å². The molecule has 4 nitrogen and oxygen atoms in total. The minimum atomic E-state index is -0.863. The van der Waals surface area contributed by atoms with Crippen molar-refractivity contribution in [1.82, 2.24) is 5.32 Å². The second-order valence-corrected chi connectivity index (χ2v) is 5.15. The smallest absolute Gasteiger partial charge is 0.407 e. The molecule has 2 unspecified atom stereocenters. The zero-order valence-corrected chi connectivity index (χ0v) is 11.5. The number of amides is 1. The molecule has 6 heteroatoms. The normalized spacial score (nSPS) is 22.5. The van der Waals surface area contributed by atoms with Crippen LogP contribution in [0.4, 0.5) is 19.3 Å². The van der Waals surface area contributed by atoms with E-state index >= 15 is 0 Å². The molecule has 0 saturated carbocycles. The molecule has 2 atom stereocenters. The number of nitrogens with one attached hydrogen (secondary N) is 1. The van der Waals surface area contributed by atoms with Crippen molar-refractivity contribution >= 4 is 11.8 Å². The highest BCUT2D eigenvalue weighted by Gasteiger charge is 2.28. The fraction of sp³-hybridized carbons (Fsp3) is 0.500. The molecule has 1 aromatic carbocycles. The summed E-state index contributed by atoms with van der Waals surface area (Å²) in [6.07, 6.45) is 0.270.